The molecule has 0 bridgehead atoms. The van der Waals surface area contributed by atoms with Crippen LogP contribution in [0.15, 0.2) is 36.4 Å². The highest BCUT2D eigenvalue weighted by atomic mass is 19.1. The molecule has 19 heavy (non-hydrogen) atoms. The molecule has 100 valence electrons. The van der Waals surface area contributed by atoms with Gasteiger partial charge in [0.05, 0.1) is 0 Å². The van der Waals surface area contributed by atoms with E-state index in [0.717, 1.165) is 17.3 Å². The van der Waals surface area contributed by atoms with Crippen molar-refractivity contribution in [3.05, 3.63) is 59.2 Å². The summed E-state index contributed by atoms with van der Waals surface area (Å²) in [5.74, 6) is -1.09. The molecule has 0 aliphatic heterocycles. The molecule has 2 aromatic carbocycles. The topological polar surface area (TPSA) is 38.0 Å². The van der Waals surface area contributed by atoms with E-state index in [1.807, 2.05) is 25.1 Å². The van der Waals surface area contributed by atoms with Crippen LogP contribution in [-0.2, 0) is 6.42 Å². The van der Waals surface area contributed by atoms with Crippen LogP contribution in [0.4, 0.5) is 20.2 Å². The van der Waals surface area contributed by atoms with Gasteiger partial charge in [-0.25, -0.2) is 8.78 Å². The van der Waals surface area contributed by atoms with Crippen molar-refractivity contribution in [3.8, 4) is 0 Å². The smallest absolute Gasteiger partial charge is 0.126 e. The van der Waals surface area contributed by atoms with Gasteiger partial charge in [-0.15, -0.1) is 0 Å². The minimum absolute atomic E-state index is 0.545. The Hall–Kier alpha value is -2.10. The minimum atomic E-state index is -0.546. The van der Waals surface area contributed by atoms with E-state index in [1.165, 1.54) is 12.1 Å². The summed E-state index contributed by atoms with van der Waals surface area (Å²) in [7, 11) is 0. The molecule has 0 aliphatic carbocycles. The molecular formula is C15H16F2N2. The molecule has 2 aromatic rings. The van der Waals surface area contributed by atoms with Gasteiger partial charge >= 0.3 is 0 Å². The van der Waals surface area contributed by atoms with Gasteiger partial charge in [0, 0.05) is 24.0 Å². The van der Waals surface area contributed by atoms with Crippen molar-refractivity contribution in [2.24, 2.45) is 0 Å². The van der Waals surface area contributed by atoms with Crippen LogP contribution in [0, 0.1) is 18.6 Å². The zero-order chi connectivity index (χ0) is 13.8. The number of hydrogen-bond acceptors (Lipinski definition) is 2. The van der Waals surface area contributed by atoms with Crippen molar-refractivity contribution in [3.63, 3.8) is 0 Å². The third kappa shape index (κ3) is 3.68. The van der Waals surface area contributed by atoms with Gasteiger partial charge in [-0.1, -0.05) is 6.07 Å². The molecule has 0 fully saturated rings. The number of nitrogens with one attached hydrogen (secondary N) is 1. The van der Waals surface area contributed by atoms with Crippen LogP contribution in [0.1, 0.15) is 11.1 Å². The average Bonchev–Trinajstić information content (AvgIpc) is 2.32. The van der Waals surface area contributed by atoms with Crippen LogP contribution >= 0.6 is 0 Å². The van der Waals surface area contributed by atoms with Gasteiger partial charge in [0.1, 0.15) is 11.6 Å². The quantitative estimate of drug-likeness (QED) is 0.827. The molecule has 0 unspecified atom stereocenters. The Labute approximate surface area is 111 Å². The summed E-state index contributed by atoms with van der Waals surface area (Å²) >= 11 is 0. The summed E-state index contributed by atoms with van der Waals surface area (Å²) in [5.41, 5.74) is 9.05. The van der Waals surface area contributed by atoms with Crippen molar-refractivity contribution in [1.82, 2.24) is 0 Å². The molecule has 0 aromatic heterocycles. The van der Waals surface area contributed by atoms with Gasteiger partial charge < -0.3 is 11.1 Å². The minimum Gasteiger partial charge on any atom is -0.399 e. The zero-order valence-corrected chi connectivity index (χ0v) is 10.7. The zero-order valence-electron chi connectivity index (χ0n) is 10.7. The van der Waals surface area contributed by atoms with Crippen LogP contribution in [0.2, 0.25) is 0 Å². The Morgan fingerprint density at radius 3 is 2.42 bits per heavy atom. The summed E-state index contributed by atoms with van der Waals surface area (Å²) in [6.45, 7) is 2.57. The lowest BCUT2D eigenvalue weighted by molar-refractivity contribution is 0.580. The SMILES string of the molecule is Cc1ccc(N)cc1NCCc1cc(F)cc(F)c1. The van der Waals surface area contributed by atoms with Crippen molar-refractivity contribution in [2.45, 2.75) is 13.3 Å². The van der Waals surface area contributed by atoms with E-state index in [1.54, 1.807) is 0 Å². The molecule has 0 saturated carbocycles. The fourth-order valence-corrected chi connectivity index (χ4v) is 1.93. The number of benzene rings is 2. The molecule has 0 spiro atoms. The molecule has 2 rings (SSSR count). The number of aryl methyl sites for hydroxylation is 1. The average molecular weight is 262 g/mol. The monoisotopic (exact) mass is 262 g/mol. The van der Waals surface area contributed by atoms with Gasteiger partial charge in [0.2, 0.25) is 0 Å². The Kier molecular flexibility index (Phi) is 4.00. The Bertz CT molecular complexity index is 562. The van der Waals surface area contributed by atoms with Crippen LogP contribution in [0.25, 0.3) is 0 Å². The third-order valence-electron chi connectivity index (χ3n) is 2.91. The highest BCUT2D eigenvalue weighted by Crippen LogP contribution is 2.18. The number of hydrogen-bond donors (Lipinski definition) is 2. The van der Waals surface area contributed by atoms with Crippen LogP contribution in [0.3, 0.4) is 0 Å². The Morgan fingerprint density at radius 1 is 1.05 bits per heavy atom. The predicted molar refractivity (Wildman–Crippen MR) is 74.1 cm³/mol. The highest BCUT2D eigenvalue weighted by molar-refractivity contribution is 5.59. The Morgan fingerprint density at radius 2 is 1.74 bits per heavy atom. The van der Waals surface area contributed by atoms with E-state index in [9.17, 15) is 8.78 Å². The molecule has 0 atom stereocenters. The lowest BCUT2D eigenvalue weighted by Gasteiger charge is -2.10. The number of nitrogen functional groups attached to an aromatic ring is 1. The van der Waals surface area contributed by atoms with E-state index in [2.05, 4.69) is 5.32 Å². The van der Waals surface area contributed by atoms with Crippen molar-refractivity contribution in [2.75, 3.05) is 17.6 Å². The maximum absolute atomic E-state index is 13.0. The molecule has 0 heterocycles. The molecule has 2 nitrogen and oxygen atoms in total. The standard InChI is InChI=1S/C15H16F2N2/c1-10-2-3-14(18)9-15(10)19-5-4-11-6-12(16)8-13(17)7-11/h2-3,6-9,19H,4-5,18H2,1H3. The van der Waals surface area contributed by atoms with Gasteiger partial charge in [0.15, 0.2) is 0 Å². The summed E-state index contributed by atoms with van der Waals surface area (Å²) < 4.78 is 26.0. The maximum Gasteiger partial charge on any atom is 0.126 e. The van der Waals surface area contributed by atoms with E-state index < -0.39 is 11.6 Å². The van der Waals surface area contributed by atoms with Gasteiger partial charge in [0.25, 0.3) is 0 Å². The van der Waals surface area contributed by atoms with Crippen LogP contribution in [0.5, 0.6) is 0 Å². The van der Waals surface area contributed by atoms with Gasteiger partial charge in [-0.3, -0.25) is 0 Å². The van der Waals surface area contributed by atoms with Gasteiger partial charge in [-0.2, -0.15) is 0 Å². The van der Waals surface area contributed by atoms with E-state index in [4.69, 9.17) is 5.73 Å². The summed E-state index contributed by atoms with van der Waals surface area (Å²) in [4.78, 5) is 0. The number of halogens is 2. The second-order valence-corrected chi connectivity index (χ2v) is 4.53. The predicted octanol–water partition coefficient (Wildman–Crippen LogP) is 3.51. The maximum atomic E-state index is 13.0. The summed E-state index contributed by atoms with van der Waals surface area (Å²) in [5, 5.41) is 3.22. The lowest BCUT2D eigenvalue weighted by Crippen LogP contribution is -2.07. The number of nitrogens with two attached hydrogens (primary N) is 1. The highest BCUT2D eigenvalue weighted by Gasteiger charge is 2.02. The van der Waals surface area contributed by atoms with Gasteiger partial charge in [-0.05, 0) is 48.7 Å². The second kappa shape index (κ2) is 5.69. The first kappa shape index (κ1) is 13.3. The van der Waals surface area contributed by atoms with E-state index >= 15 is 0 Å². The first-order valence-electron chi connectivity index (χ1n) is 6.09. The molecule has 4 heteroatoms. The second-order valence-electron chi connectivity index (χ2n) is 4.53. The molecular weight excluding hydrogens is 246 g/mol. The molecule has 0 saturated heterocycles. The fourth-order valence-electron chi connectivity index (χ4n) is 1.93. The molecule has 0 amide bonds. The first-order valence-corrected chi connectivity index (χ1v) is 6.09. The Balaban J connectivity index is 1.98. The molecule has 0 radical (unpaired) electrons. The summed E-state index contributed by atoms with van der Waals surface area (Å²) in [6.07, 6.45) is 0.545. The molecule has 3 N–H and O–H groups in total. The summed E-state index contributed by atoms with van der Waals surface area (Å²) in [6, 6.07) is 9.18. The lowest BCUT2D eigenvalue weighted by atomic mass is 10.1. The third-order valence-corrected chi connectivity index (χ3v) is 2.91. The first-order chi connectivity index (χ1) is 9.04. The van der Waals surface area contributed by atoms with Crippen molar-refractivity contribution in [1.29, 1.82) is 0 Å². The van der Waals surface area contributed by atoms with E-state index in [0.29, 0.717) is 24.2 Å². The fraction of sp³-hybridized carbons (Fsp3) is 0.200. The van der Waals surface area contributed by atoms with E-state index in [-0.39, 0.29) is 0 Å². The van der Waals surface area contributed by atoms with Crippen LogP contribution < -0.4 is 11.1 Å². The van der Waals surface area contributed by atoms with Crippen molar-refractivity contribution >= 4 is 11.4 Å². The molecule has 0 aliphatic rings. The number of rotatable bonds is 4. The largest absolute Gasteiger partial charge is 0.399 e. The number of anilines is 2. The van der Waals surface area contributed by atoms with Crippen molar-refractivity contribution < 1.29 is 8.78 Å². The van der Waals surface area contributed by atoms with Crippen LogP contribution in [-0.4, -0.2) is 6.54 Å². The normalized spacial score (nSPS) is 10.5.